The van der Waals surface area contributed by atoms with Gasteiger partial charge in [-0.05, 0) is 87.9 Å². The van der Waals surface area contributed by atoms with Crippen LogP contribution in [0.4, 0.5) is 0 Å². The minimum Gasteiger partial charge on any atom is -0.497 e. The molecule has 4 aromatic rings. The molecule has 0 spiro atoms. The minimum absolute atomic E-state index is 0.00753. The molecule has 1 fully saturated rings. The number of carbonyl (C=O) groups excluding carboxylic acids is 1. The SMILES string of the molecule is [C-]#[N+]CCOP(O[C@@H]1C(CCCNC(=O)CCCCCCCCCCCCCCC)[C@H](n2ccc(=O)[nH]c2=O)O[C@@H]1COC(c1ccccc1)(c1ccc(OC)cc1)c1ccc(OC)cc1)N(C(C)C)C(C)C. The number of rotatable bonds is 35. The molecule has 5 rings (SSSR count). The highest BCUT2D eigenvalue weighted by molar-refractivity contribution is 7.44. The Morgan fingerprint density at radius 3 is 1.85 bits per heavy atom. The highest BCUT2D eigenvalue weighted by Gasteiger charge is 2.50. The number of nitrogens with zero attached hydrogens (tertiary/aromatic N) is 3. The van der Waals surface area contributed by atoms with Crippen LogP contribution in [0.3, 0.4) is 0 Å². The van der Waals surface area contributed by atoms with Crippen LogP contribution in [0.1, 0.15) is 160 Å². The maximum Gasteiger partial charge on any atom is 0.330 e. The molecule has 0 aliphatic carbocycles. The maximum absolute atomic E-state index is 13.8. The first kappa shape index (κ1) is 59.0. The Labute approximate surface area is 436 Å². The Morgan fingerprint density at radius 2 is 1.33 bits per heavy atom. The smallest absolute Gasteiger partial charge is 0.330 e. The fourth-order valence-corrected chi connectivity index (χ4v) is 11.7. The van der Waals surface area contributed by atoms with Gasteiger partial charge in [-0.3, -0.25) is 19.1 Å². The molecule has 0 saturated carbocycles. The van der Waals surface area contributed by atoms with E-state index in [1.54, 1.807) is 14.2 Å². The number of hydrogen-bond donors (Lipinski definition) is 2. The van der Waals surface area contributed by atoms with E-state index in [0.717, 1.165) is 36.0 Å². The lowest BCUT2D eigenvalue weighted by molar-refractivity contribution is -0.121. The first-order valence-corrected chi connectivity index (χ1v) is 28.0. The number of ether oxygens (including phenoxy) is 4. The van der Waals surface area contributed by atoms with Crippen LogP contribution >= 0.6 is 8.53 Å². The molecule has 15 heteroatoms. The molecule has 0 radical (unpaired) electrons. The van der Waals surface area contributed by atoms with Gasteiger partial charge in [0.25, 0.3) is 14.1 Å². The van der Waals surface area contributed by atoms with Gasteiger partial charge in [0.2, 0.25) is 12.5 Å². The fourth-order valence-electron chi connectivity index (χ4n) is 9.91. The number of aromatic amines is 1. The number of methoxy groups -OCH3 is 2. The third kappa shape index (κ3) is 17.6. The number of aromatic nitrogens is 2. The van der Waals surface area contributed by atoms with E-state index in [0.29, 0.717) is 37.3 Å². The van der Waals surface area contributed by atoms with Crippen molar-refractivity contribution in [2.45, 2.75) is 173 Å². The van der Waals surface area contributed by atoms with Crippen molar-refractivity contribution in [2.24, 2.45) is 5.92 Å². The molecule has 2 heterocycles. The molecule has 73 heavy (non-hydrogen) atoms. The number of carbonyl (C=O) groups is 1. The lowest BCUT2D eigenvalue weighted by atomic mass is 9.80. The van der Waals surface area contributed by atoms with Crippen molar-refractivity contribution in [3.63, 3.8) is 0 Å². The van der Waals surface area contributed by atoms with E-state index in [1.807, 2.05) is 78.9 Å². The van der Waals surface area contributed by atoms with Crippen molar-refractivity contribution in [2.75, 3.05) is 40.5 Å². The summed E-state index contributed by atoms with van der Waals surface area (Å²) >= 11 is 0. The van der Waals surface area contributed by atoms with Crippen LogP contribution in [0.25, 0.3) is 4.85 Å². The summed E-state index contributed by atoms with van der Waals surface area (Å²) in [6, 6.07) is 26.9. The quantitative estimate of drug-likeness (QED) is 0.0198. The van der Waals surface area contributed by atoms with Crippen LogP contribution in [-0.2, 0) is 28.9 Å². The van der Waals surface area contributed by atoms with Crippen LogP contribution in [0.5, 0.6) is 11.5 Å². The number of amides is 1. The van der Waals surface area contributed by atoms with Crippen molar-refractivity contribution < 1.29 is 32.8 Å². The zero-order valence-corrected chi connectivity index (χ0v) is 45.6. The lowest BCUT2D eigenvalue weighted by Gasteiger charge is -2.39. The highest BCUT2D eigenvalue weighted by Crippen LogP contribution is 2.53. The first-order valence-electron chi connectivity index (χ1n) is 26.9. The van der Waals surface area contributed by atoms with E-state index in [-0.39, 0.29) is 37.7 Å². The predicted molar refractivity (Wildman–Crippen MR) is 291 cm³/mol. The molecule has 1 amide bonds. The van der Waals surface area contributed by atoms with Gasteiger partial charge in [-0.1, -0.05) is 139 Å². The number of unbranched alkanes of at least 4 members (excludes halogenated alkanes) is 12. The van der Waals surface area contributed by atoms with Crippen LogP contribution in [0, 0.1) is 12.5 Å². The fraction of sp³-hybridized carbons (Fsp3) is 0.586. The molecule has 3 aromatic carbocycles. The second kappa shape index (κ2) is 31.8. The highest BCUT2D eigenvalue weighted by atomic mass is 31.2. The second-order valence-corrected chi connectivity index (χ2v) is 21.0. The number of nitrogens with one attached hydrogen (secondary N) is 2. The van der Waals surface area contributed by atoms with Crippen molar-refractivity contribution in [3.05, 3.63) is 140 Å². The molecule has 0 bridgehead atoms. The summed E-state index contributed by atoms with van der Waals surface area (Å²) < 4.78 is 43.1. The Kier molecular flexibility index (Phi) is 25.7. The molecule has 5 atom stereocenters. The Balaban J connectivity index is 1.43. The van der Waals surface area contributed by atoms with Gasteiger partial charge in [0, 0.05) is 43.2 Å². The van der Waals surface area contributed by atoms with Gasteiger partial charge in [-0.2, -0.15) is 0 Å². The van der Waals surface area contributed by atoms with Gasteiger partial charge in [0.05, 0.1) is 20.8 Å². The summed E-state index contributed by atoms with van der Waals surface area (Å²) in [5.41, 5.74) is 0.168. The molecule has 1 saturated heterocycles. The molecule has 1 aromatic heterocycles. The number of hydrogen-bond acceptors (Lipinski definition) is 10. The van der Waals surface area contributed by atoms with Gasteiger partial charge >= 0.3 is 5.69 Å². The Bertz CT molecular complexity index is 2280. The zero-order valence-electron chi connectivity index (χ0n) is 44.7. The standard InChI is InChI=1S/C58H84N5O9P/c1-9-10-11-12-13-14-15-16-17-18-19-20-24-29-53(64)60-39-25-28-51-55(72-73(70-42-40-59-6)63(44(2)3)45(4)5)52(71-56(51)62-41-38-54(65)61-57(62)66)43-69-58(46-26-22-21-23-27-46,47-30-34-49(67-7)35-31-47)48-32-36-50(68-8)37-33-48/h21-23,26-27,30-38,41,44-45,51-52,55-56H,9-20,24-25,28-29,39-40,42-43H2,1-5,7-8H3,(H,60,64)(H,61,65,66)/t51?,52-,55-,56-,73?/m1/s1. The van der Waals surface area contributed by atoms with Crippen LogP contribution in [0.2, 0.25) is 0 Å². The zero-order chi connectivity index (χ0) is 52.4. The van der Waals surface area contributed by atoms with E-state index < -0.39 is 49.7 Å². The number of benzene rings is 3. The van der Waals surface area contributed by atoms with Crippen LogP contribution in [0.15, 0.2) is 101 Å². The summed E-state index contributed by atoms with van der Waals surface area (Å²) in [5.74, 6) is 0.909. The van der Waals surface area contributed by atoms with Gasteiger partial charge < -0.3 is 38.2 Å². The topological polar surface area (TPSA) is 147 Å². The molecular weight excluding hydrogens is 942 g/mol. The normalized spacial score (nSPS) is 17.3. The van der Waals surface area contributed by atoms with Gasteiger partial charge in [-0.15, -0.1) is 0 Å². The Hall–Kier alpha value is -4.87. The molecule has 400 valence electrons. The summed E-state index contributed by atoms with van der Waals surface area (Å²) in [4.78, 5) is 45.4. The summed E-state index contributed by atoms with van der Waals surface area (Å²) in [6.07, 6.45) is 16.7. The predicted octanol–water partition coefficient (Wildman–Crippen LogP) is 12.1. The van der Waals surface area contributed by atoms with Crippen molar-refractivity contribution in [1.29, 1.82) is 0 Å². The summed E-state index contributed by atoms with van der Waals surface area (Å²) in [7, 11) is 1.47. The maximum atomic E-state index is 13.8. The third-order valence-electron chi connectivity index (χ3n) is 13.6. The second-order valence-electron chi connectivity index (χ2n) is 19.6. The number of H-pyrrole nitrogens is 1. The van der Waals surface area contributed by atoms with E-state index >= 15 is 0 Å². The van der Waals surface area contributed by atoms with E-state index in [2.05, 4.69) is 54.4 Å². The van der Waals surface area contributed by atoms with E-state index in [9.17, 15) is 14.4 Å². The van der Waals surface area contributed by atoms with Crippen molar-refractivity contribution in [1.82, 2.24) is 19.5 Å². The van der Waals surface area contributed by atoms with E-state index in [4.69, 9.17) is 34.6 Å². The lowest BCUT2D eigenvalue weighted by Crippen LogP contribution is -2.41. The van der Waals surface area contributed by atoms with Gasteiger partial charge in [0.15, 0.2) is 0 Å². The van der Waals surface area contributed by atoms with Crippen LogP contribution in [-0.4, -0.2) is 84.9 Å². The third-order valence-corrected chi connectivity index (χ3v) is 15.8. The summed E-state index contributed by atoms with van der Waals surface area (Å²) in [5, 5.41) is 3.15. The first-order chi connectivity index (χ1) is 35.5. The average molecular weight is 1030 g/mol. The van der Waals surface area contributed by atoms with Gasteiger partial charge in [-0.25, -0.2) is 16.0 Å². The van der Waals surface area contributed by atoms with Crippen molar-refractivity contribution in [3.8, 4) is 11.5 Å². The largest absolute Gasteiger partial charge is 0.497 e. The molecule has 1 aliphatic rings. The monoisotopic (exact) mass is 1030 g/mol. The molecule has 2 N–H and O–H groups in total. The molecule has 2 unspecified atom stereocenters. The van der Waals surface area contributed by atoms with Crippen molar-refractivity contribution >= 4 is 14.4 Å². The van der Waals surface area contributed by atoms with E-state index in [1.165, 1.54) is 81.0 Å². The van der Waals surface area contributed by atoms with Gasteiger partial charge in [0.1, 0.15) is 42.1 Å². The minimum atomic E-state index is -1.80. The molecular formula is C58H84N5O9P. The average Bonchev–Trinajstić information content (AvgIpc) is 3.72. The Morgan fingerprint density at radius 1 is 0.781 bits per heavy atom. The molecule has 14 nitrogen and oxygen atoms in total. The summed E-state index contributed by atoms with van der Waals surface area (Å²) in [6.45, 7) is 18.8. The molecule has 1 aliphatic heterocycles. The van der Waals surface area contributed by atoms with Crippen LogP contribution < -0.4 is 26.0 Å².